The largest absolute Gasteiger partial charge is 0.464 e. The summed E-state index contributed by atoms with van der Waals surface area (Å²) in [4.78, 5) is 8.90. The summed E-state index contributed by atoms with van der Waals surface area (Å²) >= 11 is 0. The fraction of sp³-hybridized carbons (Fsp3) is 0.143. The van der Waals surface area contributed by atoms with Gasteiger partial charge in [0.15, 0.2) is 5.82 Å². The lowest BCUT2D eigenvalue weighted by Gasteiger charge is -2.02. The Kier molecular flexibility index (Phi) is 2.57. The molecule has 0 spiro atoms. The van der Waals surface area contributed by atoms with E-state index >= 15 is 0 Å². The first-order valence-electron chi connectivity index (χ1n) is 5.79. The standard InChI is InChI=1S/C14H13N3O/c1-9-6-10(7-15)17-14(16-9)12-8-18-13-5-3-2-4-11(12)13/h2-6,8H,7,15H2,1H3. The van der Waals surface area contributed by atoms with Crippen LogP contribution < -0.4 is 5.73 Å². The highest BCUT2D eigenvalue weighted by molar-refractivity contribution is 5.91. The molecule has 2 N–H and O–H groups in total. The van der Waals surface area contributed by atoms with Gasteiger partial charge in [-0.3, -0.25) is 0 Å². The van der Waals surface area contributed by atoms with Crippen LogP contribution in [0.4, 0.5) is 0 Å². The molecule has 4 heteroatoms. The molecule has 0 saturated heterocycles. The molecule has 1 aromatic carbocycles. The zero-order valence-electron chi connectivity index (χ0n) is 10.1. The number of aromatic nitrogens is 2. The highest BCUT2D eigenvalue weighted by atomic mass is 16.3. The molecular weight excluding hydrogens is 226 g/mol. The number of nitrogens with zero attached hydrogens (tertiary/aromatic N) is 2. The van der Waals surface area contributed by atoms with Gasteiger partial charge < -0.3 is 10.2 Å². The maximum absolute atomic E-state index is 5.64. The Hall–Kier alpha value is -2.20. The summed E-state index contributed by atoms with van der Waals surface area (Å²) in [6.07, 6.45) is 1.69. The molecule has 0 saturated carbocycles. The number of furan rings is 1. The van der Waals surface area contributed by atoms with E-state index < -0.39 is 0 Å². The van der Waals surface area contributed by atoms with Crippen molar-refractivity contribution >= 4 is 11.0 Å². The number of aryl methyl sites for hydroxylation is 1. The smallest absolute Gasteiger partial charge is 0.163 e. The molecule has 0 bridgehead atoms. The highest BCUT2D eigenvalue weighted by Gasteiger charge is 2.11. The van der Waals surface area contributed by atoms with Crippen molar-refractivity contribution in [1.82, 2.24) is 9.97 Å². The Morgan fingerprint density at radius 3 is 2.89 bits per heavy atom. The van der Waals surface area contributed by atoms with E-state index in [9.17, 15) is 0 Å². The lowest BCUT2D eigenvalue weighted by Crippen LogP contribution is -2.03. The average molecular weight is 239 g/mol. The van der Waals surface area contributed by atoms with E-state index in [1.807, 2.05) is 37.3 Å². The molecule has 0 radical (unpaired) electrons. The van der Waals surface area contributed by atoms with Gasteiger partial charge in [-0.2, -0.15) is 0 Å². The van der Waals surface area contributed by atoms with Crippen LogP contribution in [0.15, 0.2) is 41.0 Å². The van der Waals surface area contributed by atoms with E-state index in [0.29, 0.717) is 12.4 Å². The highest BCUT2D eigenvalue weighted by Crippen LogP contribution is 2.28. The molecule has 90 valence electrons. The van der Waals surface area contributed by atoms with Gasteiger partial charge in [0.2, 0.25) is 0 Å². The molecule has 0 aliphatic rings. The molecule has 2 heterocycles. The van der Waals surface area contributed by atoms with Crippen LogP contribution in [0.3, 0.4) is 0 Å². The molecule has 2 aromatic heterocycles. The number of hydrogen-bond acceptors (Lipinski definition) is 4. The Morgan fingerprint density at radius 1 is 1.22 bits per heavy atom. The molecule has 0 amide bonds. The van der Waals surface area contributed by atoms with Crippen LogP contribution in [-0.4, -0.2) is 9.97 Å². The van der Waals surface area contributed by atoms with Crippen LogP contribution in [0, 0.1) is 6.92 Å². The number of rotatable bonds is 2. The van der Waals surface area contributed by atoms with E-state index in [0.717, 1.165) is 27.9 Å². The van der Waals surface area contributed by atoms with E-state index in [1.165, 1.54) is 0 Å². The van der Waals surface area contributed by atoms with Crippen molar-refractivity contribution < 1.29 is 4.42 Å². The van der Waals surface area contributed by atoms with Gasteiger partial charge in [0.05, 0.1) is 11.3 Å². The normalized spacial score (nSPS) is 11.0. The summed E-state index contributed by atoms with van der Waals surface area (Å²) in [6, 6.07) is 9.74. The van der Waals surface area contributed by atoms with Crippen molar-refractivity contribution in [2.24, 2.45) is 5.73 Å². The average Bonchev–Trinajstić information content (AvgIpc) is 2.81. The molecule has 0 unspecified atom stereocenters. The molecule has 0 fully saturated rings. The third-order valence-corrected chi connectivity index (χ3v) is 2.84. The minimum absolute atomic E-state index is 0.409. The van der Waals surface area contributed by atoms with Gasteiger partial charge in [0.25, 0.3) is 0 Å². The molecule has 4 nitrogen and oxygen atoms in total. The van der Waals surface area contributed by atoms with Gasteiger partial charge in [0, 0.05) is 17.6 Å². The summed E-state index contributed by atoms with van der Waals surface area (Å²) in [5.41, 5.74) is 9.13. The van der Waals surface area contributed by atoms with Gasteiger partial charge >= 0.3 is 0 Å². The summed E-state index contributed by atoms with van der Waals surface area (Å²) in [5, 5.41) is 1.02. The Labute approximate surface area is 104 Å². The summed E-state index contributed by atoms with van der Waals surface area (Å²) in [5.74, 6) is 0.667. The molecule has 0 aliphatic heterocycles. The van der Waals surface area contributed by atoms with Gasteiger partial charge in [0.1, 0.15) is 11.8 Å². The van der Waals surface area contributed by atoms with Crippen LogP contribution in [-0.2, 0) is 6.54 Å². The third kappa shape index (κ3) is 1.76. The van der Waals surface area contributed by atoms with E-state index in [4.69, 9.17) is 10.2 Å². The van der Waals surface area contributed by atoms with Crippen molar-refractivity contribution in [2.75, 3.05) is 0 Å². The lowest BCUT2D eigenvalue weighted by molar-refractivity contribution is 0.616. The topological polar surface area (TPSA) is 64.9 Å². The number of para-hydroxylation sites is 1. The molecular formula is C14H13N3O. The maximum atomic E-state index is 5.64. The van der Waals surface area contributed by atoms with Gasteiger partial charge in [-0.25, -0.2) is 9.97 Å². The van der Waals surface area contributed by atoms with Gasteiger partial charge in [-0.15, -0.1) is 0 Å². The molecule has 3 aromatic rings. The van der Waals surface area contributed by atoms with Gasteiger partial charge in [-0.1, -0.05) is 18.2 Å². The second kappa shape index (κ2) is 4.23. The predicted molar refractivity (Wildman–Crippen MR) is 69.9 cm³/mol. The number of nitrogens with two attached hydrogens (primary N) is 1. The van der Waals surface area contributed by atoms with E-state index in [-0.39, 0.29) is 0 Å². The fourth-order valence-corrected chi connectivity index (χ4v) is 2.01. The van der Waals surface area contributed by atoms with Crippen molar-refractivity contribution in [3.8, 4) is 11.4 Å². The van der Waals surface area contributed by atoms with Crippen LogP contribution in [0.25, 0.3) is 22.4 Å². The van der Waals surface area contributed by atoms with Crippen molar-refractivity contribution in [3.63, 3.8) is 0 Å². The Balaban J connectivity index is 2.22. The van der Waals surface area contributed by atoms with Crippen molar-refractivity contribution in [1.29, 1.82) is 0 Å². The first kappa shape index (κ1) is 10.9. The monoisotopic (exact) mass is 239 g/mol. The fourth-order valence-electron chi connectivity index (χ4n) is 2.01. The quantitative estimate of drug-likeness (QED) is 0.746. The first-order valence-corrected chi connectivity index (χ1v) is 5.79. The number of fused-ring (bicyclic) bond motifs is 1. The summed E-state index contributed by atoms with van der Waals surface area (Å²) in [7, 11) is 0. The van der Waals surface area contributed by atoms with Crippen molar-refractivity contribution in [3.05, 3.63) is 48.0 Å². The second-order valence-corrected chi connectivity index (χ2v) is 4.17. The predicted octanol–water partition coefficient (Wildman–Crippen LogP) is 2.66. The summed E-state index contributed by atoms with van der Waals surface area (Å²) in [6.45, 7) is 2.35. The Morgan fingerprint density at radius 2 is 2.06 bits per heavy atom. The number of hydrogen-bond donors (Lipinski definition) is 1. The lowest BCUT2D eigenvalue weighted by atomic mass is 10.1. The van der Waals surface area contributed by atoms with Crippen molar-refractivity contribution in [2.45, 2.75) is 13.5 Å². The first-order chi connectivity index (χ1) is 8.78. The van der Waals surface area contributed by atoms with Crippen LogP contribution in [0.2, 0.25) is 0 Å². The molecule has 0 aliphatic carbocycles. The minimum Gasteiger partial charge on any atom is -0.464 e. The third-order valence-electron chi connectivity index (χ3n) is 2.84. The van der Waals surface area contributed by atoms with Gasteiger partial charge in [-0.05, 0) is 19.1 Å². The van der Waals surface area contributed by atoms with Crippen LogP contribution in [0.5, 0.6) is 0 Å². The SMILES string of the molecule is Cc1cc(CN)nc(-c2coc3ccccc23)n1. The second-order valence-electron chi connectivity index (χ2n) is 4.17. The molecule has 0 atom stereocenters. The van der Waals surface area contributed by atoms with Crippen LogP contribution in [0.1, 0.15) is 11.4 Å². The van der Waals surface area contributed by atoms with Crippen LogP contribution >= 0.6 is 0 Å². The zero-order chi connectivity index (χ0) is 12.5. The minimum atomic E-state index is 0.409. The molecule has 18 heavy (non-hydrogen) atoms. The molecule has 3 rings (SSSR count). The van der Waals surface area contributed by atoms with E-state index in [1.54, 1.807) is 6.26 Å². The summed E-state index contributed by atoms with van der Waals surface area (Å²) < 4.78 is 5.51. The number of benzene rings is 1. The van der Waals surface area contributed by atoms with E-state index in [2.05, 4.69) is 9.97 Å². The maximum Gasteiger partial charge on any atom is 0.163 e. The zero-order valence-corrected chi connectivity index (χ0v) is 10.1. The Bertz CT molecular complexity index is 703.